The first-order valence-electron chi connectivity index (χ1n) is 6.90. The molecule has 0 fully saturated rings. The smallest absolute Gasteiger partial charge is 0.198 e. The van der Waals surface area contributed by atoms with Crippen LogP contribution in [0.3, 0.4) is 0 Å². The standard InChI is InChI=1S/C18H15FO2/c1-12-3-2-4-13(9-12)5-7-16(20)18-11-14-10-15(19)6-8-17(14)21-18/h2-4,6,8-11H,5,7H2,1H3. The van der Waals surface area contributed by atoms with Crippen LogP contribution in [0, 0.1) is 12.7 Å². The Morgan fingerprint density at radius 1 is 1.14 bits per heavy atom. The van der Waals surface area contributed by atoms with Crippen molar-refractivity contribution >= 4 is 16.8 Å². The molecule has 0 bridgehead atoms. The highest BCUT2D eigenvalue weighted by Crippen LogP contribution is 2.21. The highest BCUT2D eigenvalue weighted by molar-refractivity contribution is 5.97. The number of Topliss-reactive ketones (excluding diaryl/α,β-unsaturated/α-hetero) is 1. The quantitative estimate of drug-likeness (QED) is 0.649. The Morgan fingerprint density at radius 3 is 2.81 bits per heavy atom. The molecule has 2 aromatic carbocycles. The maximum atomic E-state index is 13.1. The maximum absolute atomic E-state index is 13.1. The van der Waals surface area contributed by atoms with Crippen molar-refractivity contribution < 1.29 is 13.6 Å². The number of benzene rings is 2. The molecule has 0 aliphatic rings. The van der Waals surface area contributed by atoms with Gasteiger partial charge in [0.25, 0.3) is 0 Å². The van der Waals surface area contributed by atoms with Gasteiger partial charge in [-0.25, -0.2) is 4.39 Å². The van der Waals surface area contributed by atoms with Crippen molar-refractivity contribution in [3.05, 3.63) is 71.2 Å². The number of halogens is 1. The number of carbonyl (C=O) groups excluding carboxylic acids is 1. The van der Waals surface area contributed by atoms with Crippen molar-refractivity contribution in [1.82, 2.24) is 0 Å². The summed E-state index contributed by atoms with van der Waals surface area (Å²) in [5.41, 5.74) is 2.85. The summed E-state index contributed by atoms with van der Waals surface area (Å²) in [4.78, 5) is 12.2. The third-order valence-corrected chi connectivity index (χ3v) is 3.48. The number of ketones is 1. The molecular weight excluding hydrogens is 267 g/mol. The molecule has 21 heavy (non-hydrogen) atoms. The van der Waals surface area contributed by atoms with Crippen LogP contribution >= 0.6 is 0 Å². The maximum Gasteiger partial charge on any atom is 0.198 e. The number of aryl methyl sites for hydroxylation is 2. The molecule has 0 aliphatic heterocycles. The number of hydrogen-bond donors (Lipinski definition) is 0. The molecule has 0 aliphatic carbocycles. The molecule has 2 nitrogen and oxygen atoms in total. The van der Waals surface area contributed by atoms with Gasteiger partial charge in [-0.3, -0.25) is 4.79 Å². The fourth-order valence-corrected chi connectivity index (χ4v) is 2.40. The number of fused-ring (bicyclic) bond motifs is 1. The number of furan rings is 1. The van der Waals surface area contributed by atoms with Gasteiger partial charge in [0.2, 0.25) is 0 Å². The van der Waals surface area contributed by atoms with E-state index in [-0.39, 0.29) is 11.6 Å². The van der Waals surface area contributed by atoms with Crippen LogP contribution in [0.25, 0.3) is 11.0 Å². The zero-order valence-corrected chi connectivity index (χ0v) is 11.7. The molecule has 0 saturated carbocycles. The molecule has 1 aromatic heterocycles. The van der Waals surface area contributed by atoms with E-state index >= 15 is 0 Å². The van der Waals surface area contributed by atoms with Gasteiger partial charge in [0.05, 0.1) is 0 Å². The highest BCUT2D eigenvalue weighted by Gasteiger charge is 2.12. The van der Waals surface area contributed by atoms with E-state index < -0.39 is 0 Å². The average molecular weight is 282 g/mol. The van der Waals surface area contributed by atoms with Gasteiger partial charge in [0, 0.05) is 11.8 Å². The van der Waals surface area contributed by atoms with E-state index in [1.54, 1.807) is 12.1 Å². The lowest BCUT2D eigenvalue weighted by Gasteiger charge is -2.01. The predicted octanol–water partition coefficient (Wildman–Crippen LogP) is 4.70. The van der Waals surface area contributed by atoms with Crippen molar-refractivity contribution in [2.24, 2.45) is 0 Å². The zero-order chi connectivity index (χ0) is 14.8. The van der Waals surface area contributed by atoms with E-state index in [0.29, 0.717) is 29.6 Å². The fraction of sp³-hybridized carbons (Fsp3) is 0.167. The molecule has 0 unspecified atom stereocenters. The van der Waals surface area contributed by atoms with Crippen LogP contribution in [-0.4, -0.2) is 5.78 Å². The lowest BCUT2D eigenvalue weighted by atomic mass is 10.0. The van der Waals surface area contributed by atoms with Crippen molar-refractivity contribution in [2.75, 3.05) is 0 Å². The number of hydrogen-bond acceptors (Lipinski definition) is 2. The Kier molecular flexibility index (Phi) is 3.57. The SMILES string of the molecule is Cc1cccc(CCC(=O)c2cc3cc(F)ccc3o2)c1. The van der Waals surface area contributed by atoms with Crippen LogP contribution in [0.2, 0.25) is 0 Å². The van der Waals surface area contributed by atoms with E-state index in [9.17, 15) is 9.18 Å². The molecule has 0 radical (unpaired) electrons. The van der Waals surface area contributed by atoms with Crippen LogP contribution < -0.4 is 0 Å². The summed E-state index contributed by atoms with van der Waals surface area (Å²) in [7, 11) is 0. The van der Waals surface area contributed by atoms with E-state index in [2.05, 4.69) is 6.07 Å². The predicted molar refractivity (Wildman–Crippen MR) is 80.0 cm³/mol. The minimum Gasteiger partial charge on any atom is -0.453 e. The zero-order valence-electron chi connectivity index (χ0n) is 11.7. The Hall–Kier alpha value is -2.42. The summed E-state index contributed by atoms with van der Waals surface area (Å²) in [6.45, 7) is 2.03. The summed E-state index contributed by atoms with van der Waals surface area (Å²) in [5, 5.41) is 0.619. The average Bonchev–Trinajstić information content (AvgIpc) is 2.88. The topological polar surface area (TPSA) is 30.2 Å². The summed E-state index contributed by atoms with van der Waals surface area (Å²) >= 11 is 0. The van der Waals surface area contributed by atoms with Crippen molar-refractivity contribution in [1.29, 1.82) is 0 Å². The molecule has 0 saturated heterocycles. The van der Waals surface area contributed by atoms with Gasteiger partial charge in [-0.1, -0.05) is 29.8 Å². The van der Waals surface area contributed by atoms with Crippen LogP contribution in [-0.2, 0) is 6.42 Å². The minimum absolute atomic E-state index is 0.0619. The molecule has 0 atom stereocenters. The Balaban J connectivity index is 1.74. The van der Waals surface area contributed by atoms with Crippen molar-refractivity contribution in [2.45, 2.75) is 19.8 Å². The second-order valence-electron chi connectivity index (χ2n) is 5.21. The Morgan fingerprint density at radius 2 is 2.00 bits per heavy atom. The lowest BCUT2D eigenvalue weighted by Crippen LogP contribution is -1.99. The summed E-state index contributed by atoms with van der Waals surface area (Å²) in [6.07, 6.45) is 1.05. The van der Waals surface area contributed by atoms with Crippen LogP contribution in [0.15, 0.2) is 52.9 Å². The van der Waals surface area contributed by atoms with Gasteiger partial charge in [0.15, 0.2) is 11.5 Å². The monoisotopic (exact) mass is 282 g/mol. The first kappa shape index (κ1) is 13.6. The van der Waals surface area contributed by atoms with Crippen molar-refractivity contribution in [3.8, 4) is 0 Å². The normalized spacial score (nSPS) is 11.0. The highest BCUT2D eigenvalue weighted by atomic mass is 19.1. The van der Waals surface area contributed by atoms with Gasteiger partial charge < -0.3 is 4.42 Å². The number of rotatable bonds is 4. The van der Waals surface area contributed by atoms with Crippen molar-refractivity contribution in [3.63, 3.8) is 0 Å². The van der Waals surface area contributed by atoms with Gasteiger partial charge in [-0.15, -0.1) is 0 Å². The number of carbonyl (C=O) groups is 1. The largest absolute Gasteiger partial charge is 0.453 e. The van der Waals surface area contributed by atoms with E-state index in [1.807, 2.05) is 25.1 Å². The summed E-state index contributed by atoms with van der Waals surface area (Å²) in [5.74, 6) is -0.0987. The van der Waals surface area contributed by atoms with Crippen LogP contribution in [0.1, 0.15) is 28.1 Å². The molecular formula is C18H15FO2. The molecule has 3 heteroatoms. The molecule has 1 heterocycles. The molecule has 3 aromatic rings. The van der Waals surface area contributed by atoms with Gasteiger partial charge in [0.1, 0.15) is 11.4 Å². The third kappa shape index (κ3) is 3.02. The molecule has 0 amide bonds. The lowest BCUT2D eigenvalue weighted by molar-refractivity contribution is 0.0958. The minimum atomic E-state index is -0.331. The van der Waals surface area contributed by atoms with Gasteiger partial charge >= 0.3 is 0 Å². The summed E-state index contributed by atoms with van der Waals surface area (Å²) in [6, 6.07) is 13.9. The fourth-order valence-electron chi connectivity index (χ4n) is 2.40. The van der Waals surface area contributed by atoms with E-state index in [0.717, 1.165) is 5.56 Å². The molecule has 3 rings (SSSR count). The third-order valence-electron chi connectivity index (χ3n) is 3.48. The van der Waals surface area contributed by atoms with Gasteiger partial charge in [-0.2, -0.15) is 0 Å². The van der Waals surface area contributed by atoms with E-state index in [1.165, 1.54) is 17.7 Å². The second kappa shape index (κ2) is 5.52. The first-order valence-corrected chi connectivity index (χ1v) is 6.90. The molecule has 106 valence electrons. The van der Waals surface area contributed by atoms with E-state index in [4.69, 9.17) is 4.42 Å². The van der Waals surface area contributed by atoms with Gasteiger partial charge in [-0.05, 0) is 43.2 Å². The second-order valence-corrected chi connectivity index (χ2v) is 5.21. The Bertz CT molecular complexity index is 802. The van der Waals surface area contributed by atoms with Crippen LogP contribution in [0.4, 0.5) is 4.39 Å². The van der Waals surface area contributed by atoms with Crippen LogP contribution in [0.5, 0.6) is 0 Å². The molecule has 0 N–H and O–H groups in total. The first-order chi connectivity index (χ1) is 10.1. The Labute approximate surface area is 122 Å². The summed E-state index contributed by atoms with van der Waals surface area (Å²) < 4.78 is 18.6. The molecule has 0 spiro atoms.